The Morgan fingerprint density at radius 3 is 2.83 bits per heavy atom. The van der Waals surface area contributed by atoms with Crippen LogP contribution < -0.4 is 10.1 Å². The minimum atomic E-state index is -0.102. The predicted molar refractivity (Wildman–Crippen MR) is 93.0 cm³/mol. The number of benzene rings is 1. The molecule has 0 saturated carbocycles. The summed E-state index contributed by atoms with van der Waals surface area (Å²) >= 11 is 0. The largest absolute Gasteiger partial charge is 0.492 e. The van der Waals surface area contributed by atoms with E-state index in [0.29, 0.717) is 12.0 Å². The van der Waals surface area contributed by atoms with Crippen LogP contribution in [0.15, 0.2) is 42.7 Å². The first-order chi connectivity index (χ1) is 11.6. The lowest BCUT2D eigenvalue weighted by atomic mass is 10.2. The molecule has 0 spiro atoms. The highest BCUT2D eigenvalue weighted by Gasteiger charge is 2.34. The fourth-order valence-corrected chi connectivity index (χ4v) is 2.64. The summed E-state index contributed by atoms with van der Waals surface area (Å²) in [5, 5.41) is 6.86. The summed E-state index contributed by atoms with van der Waals surface area (Å²) in [5.74, 6) is 1.42. The van der Waals surface area contributed by atoms with Crippen molar-refractivity contribution < 1.29 is 9.53 Å². The van der Waals surface area contributed by atoms with E-state index < -0.39 is 0 Å². The van der Waals surface area contributed by atoms with Crippen LogP contribution in [0.5, 0.6) is 5.75 Å². The van der Waals surface area contributed by atoms with Gasteiger partial charge in [-0.3, -0.25) is 14.4 Å². The molecule has 2 atom stereocenters. The van der Waals surface area contributed by atoms with Crippen LogP contribution in [0.2, 0.25) is 0 Å². The SMILES string of the molecule is CC(C)CN1CC1COc1ccc(NC(=O)Cn2cccn2)cc1. The summed E-state index contributed by atoms with van der Waals surface area (Å²) in [7, 11) is 0. The molecule has 1 saturated heterocycles. The van der Waals surface area contributed by atoms with Crippen molar-refractivity contribution in [3.63, 3.8) is 0 Å². The zero-order valence-electron chi connectivity index (χ0n) is 14.2. The van der Waals surface area contributed by atoms with E-state index in [0.717, 1.165) is 31.1 Å². The lowest BCUT2D eigenvalue weighted by Gasteiger charge is -2.09. The van der Waals surface area contributed by atoms with Gasteiger partial charge in [-0.15, -0.1) is 0 Å². The Morgan fingerprint density at radius 1 is 1.38 bits per heavy atom. The summed E-state index contributed by atoms with van der Waals surface area (Å²) in [6.07, 6.45) is 3.42. The molecule has 6 nitrogen and oxygen atoms in total. The fraction of sp³-hybridized carbons (Fsp3) is 0.444. The molecule has 0 radical (unpaired) electrons. The van der Waals surface area contributed by atoms with Crippen molar-refractivity contribution >= 4 is 11.6 Å². The number of carbonyl (C=O) groups is 1. The van der Waals surface area contributed by atoms with Gasteiger partial charge in [0, 0.05) is 31.2 Å². The molecule has 1 aromatic carbocycles. The molecule has 2 aromatic rings. The minimum Gasteiger partial charge on any atom is -0.492 e. The van der Waals surface area contributed by atoms with E-state index in [2.05, 4.69) is 29.2 Å². The second-order valence-corrected chi connectivity index (χ2v) is 6.59. The molecule has 1 aliphatic heterocycles. The van der Waals surface area contributed by atoms with E-state index in [-0.39, 0.29) is 12.5 Å². The van der Waals surface area contributed by atoms with Crippen molar-refractivity contribution in [2.45, 2.75) is 26.4 Å². The quantitative estimate of drug-likeness (QED) is 0.755. The summed E-state index contributed by atoms with van der Waals surface area (Å²) in [4.78, 5) is 14.3. The van der Waals surface area contributed by atoms with E-state index in [1.165, 1.54) is 0 Å². The molecular weight excluding hydrogens is 304 g/mol. The van der Waals surface area contributed by atoms with Gasteiger partial charge < -0.3 is 10.1 Å². The zero-order chi connectivity index (χ0) is 16.9. The number of nitrogens with one attached hydrogen (secondary N) is 1. The number of nitrogens with zero attached hydrogens (tertiary/aromatic N) is 3. The fourth-order valence-electron chi connectivity index (χ4n) is 2.64. The molecule has 0 aliphatic carbocycles. The Hall–Kier alpha value is -2.34. The van der Waals surface area contributed by atoms with Gasteiger partial charge in [0.1, 0.15) is 18.9 Å². The van der Waals surface area contributed by atoms with Crippen LogP contribution >= 0.6 is 0 Å². The Kier molecular flexibility index (Phi) is 5.15. The number of hydrogen-bond acceptors (Lipinski definition) is 4. The zero-order valence-corrected chi connectivity index (χ0v) is 14.2. The van der Waals surface area contributed by atoms with Crippen molar-refractivity contribution in [2.75, 3.05) is 25.0 Å². The van der Waals surface area contributed by atoms with Crippen LogP contribution in [0.4, 0.5) is 5.69 Å². The standard InChI is InChI=1S/C18H24N4O2/c1-14(2)10-21-11-16(21)13-24-17-6-4-15(5-7-17)20-18(23)12-22-9-3-8-19-22/h3-9,14,16H,10-13H2,1-2H3,(H,20,23). The smallest absolute Gasteiger partial charge is 0.246 e. The maximum Gasteiger partial charge on any atom is 0.246 e. The molecule has 24 heavy (non-hydrogen) atoms. The highest BCUT2D eigenvalue weighted by Crippen LogP contribution is 2.22. The van der Waals surface area contributed by atoms with E-state index in [9.17, 15) is 4.79 Å². The first kappa shape index (κ1) is 16.5. The van der Waals surface area contributed by atoms with Crippen LogP contribution in [0.25, 0.3) is 0 Å². The summed E-state index contributed by atoms with van der Waals surface area (Å²) in [5.41, 5.74) is 0.757. The molecule has 6 heteroatoms. The topological polar surface area (TPSA) is 59.2 Å². The maximum absolute atomic E-state index is 11.9. The summed E-state index contributed by atoms with van der Waals surface area (Å²) < 4.78 is 7.41. The third kappa shape index (κ3) is 4.83. The average Bonchev–Trinajstić information content (AvgIpc) is 3.05. The number of carbonyl (C=O) groups excluding carboxylic acids is 1. The summed E-state index contributed by atoms with van der Waals surface area (Å²) in [6.45, 7) is 7.65. The van der Waals surface area contributed by atoms with Crippen LogP contribution in [0, 0.1) is 5.92 Å². The molecule has 1 fully saturated rings. The molecule has 2 heterocycles. The molecule has 1 amide bonds. The molecule has 128 valence electrons. The van der Waals surface area contributed by atoms with Crippen LogP contribution in [0.3, 0.4) is 0 Å². The number of amides is 1. The maximum atomic E-state index is 11.9. The summed E-state index contributed by atoms with van der Waals surface area (Å²) in [6, 6.07) is 9.82. The lowest BCUT2D eigenvalue weighted by molar-refractivity contribution is -0.116. The van der Waals surface area contributed by atoms with Gasteiger partial charge in [-0.05, 0) is 36.2 Å². The third-order valence-electron chi connectivity index (χ3n) is 3.87. The van der Waals surface area contributed by atoms with Crippen molar-refractivity contribution in [2.24, 2.45) is 5.92 Å². The van der Waals surface area contributed by atoms with Crippen molar-refractivity contribution in [3.8, 4) is 5.75 Å². The van der Waals surface area contributed by atoms with E-state index in [4.69, 9.17) is 4.74 Å². The minimum absolute atomic E-state index is 0.102. The van der Waals surface area contributed by atoms with Gasteiger partial charge in [-0.1, -0.05) is 13.8 Å². The molecule has 1 aromatic heterocycles. The van der Waals surface area contributed by atoms with E-state index in [1.807, 2.05) is 24.3 Å². The molecule has 3 rings (SSSR count). The van der Waals surface area contributed by atoms with Gasteiger partial charge in [0.25, 0.3) is 0 Å². The molecule has 1 aliphatic rings. The van der Waals surface area contributed by atoms with Gasteiger partial charge in [0.05, 0.1) is 6.04 Å². The second-order valence-electron chi connectivity index (χ2n) is 6.59. The Labute approximate surface area is 142 Å². The Morgan fingerprint density at radius 2 is 2.17 bits per heavy atom. The Bertz CT molecular complexity index is 652. The van der Waals surface area contributed by atoms with Crippen LogP contribution in [-0.2, 0) is 11.3 Å². The monoisotopic (exact) mass is 328 g/mol. The van der Waals surface area contributed by atoms with Gasteiger partial charge in [-0.2, -0.15) is 5.10 Å². The number of rotatable bonds is 8. The molecule has 1 N–H and O–H groups in total. The van der Waals surface area contributed by atoms with Gasteiger partial charge in [0.15, 0.2) is 0 Å². The normalized spacial score (nSPS) is 19.3. The van der Waals surface area contributed by atoms with Crippen LogP contribution in [0.1, 0.15) is 13.8 Å². The van der Waals surface area contributed by atoms with Gasteiger partial charge >= 0.3 is 0 Å². The van der Waals surface area contributed by atoms with E-state index in [1.54, 1.807) is 23.1 Å². The molecule has 0 bridgehead atoms. The van der Waals surface area contributed by atoms with Crippen molar-refractivity contribution in [1.82, 2.24) is 14.7 Å². The number of anilines is 1. The lowest BCUT2D eigenvalue weighted by Crippen LogP contribution is -2.18. The highest BCUT2D eigenvalue weighted by molar-refractivity contribution is 5.90. The number of ether oxygens (including phenoxy) is 1. The van der Waals surface area contributed by atoms with Gasteiger partial charge in [0.2, 0.25) is 5.91 Å². The average molecular weight is 328 g/mol. The molecule has 2 unspecified atom stereocenters. The highest BCUT2D eigenvalue weighted by atomic mass is 16.5. The van der Waals surface area contributed by atoms with Crippen molar-refractivity contribution in [1.29, 1.82) is 0 Å². The van der Waals surface area contributed by atoms with Crippen LogP contribution in [-0.4, -0.2) is 46.3 Å². The third-order valence-corrected chi connectivity index (χ3v) is 3.87. The number of aromatic nitrogens is 2. The molecular formula is C18H24N4O2. The van der Waals surface area contributed by atoms with E-state index >= 15 is 0 Å². The van der Waals surface area contributed by atoms with Gasteiger partial charge in [-0.25, -0.2) is 0 Å². The van der Waals surface area contributed by atoms with Crippen molar-refractivity contribution in [3.05, 3.63) is 42.7 Å². The Balaban J connectivity index is 1.41. The predicted octanol–water partition coefficient (Wildman–Crippen LogP) is 2.24. The first-order valence-corrected chi connectivity index (χ1v) is 8.34. The second kappa shape index (κ2) is 7.49. The number of hydrogen-bond donors (Lipinski definition) is 1. The first-order valence-electron chi connectivity index (χ1n) is 8.34.